The molecule has 5 heterocycles. The molecular formula is C52H66N8O5. The average Bonchev–Trinajstić information content (AvgIpc) is 3.94. The lowest BCUT2D eigenvalue weighted by Gasteiger charge is -2.28. The Hall–Kier alpha value is -7.41. The summed E-state index contributed by atoms with van der Waals surface area (Å²) in [6, 6.07) is 34.9. The van der Waals surface area contributed by atoms with Gasteiger partial charge in [-0.05, 0) is 49.2 Å². The van der Waals surface area contributed by atoms with Gasteiger partial charge >= 0.3 is 11.4 Å². The third-order valence-corrected chi connectivity index (χ3v) is 10.3. The number of aldehydes is 1. The number of nitrogens with two attached hydrogens (primary N) is 1. The highest BCUT2D eigenvalue weighted by Crippen LogP contribution is 2.43. The number of anilines is 2. The van der Waals surface area contributed by atoms with Crippen molar-refractivity contribution in [3.8, 4) is 33.9 Å². The molecule has 65 heavy (non-hydrogen) atoms. The maximum absolute atomic E-state index is 13.2. The Morgan fingerprint density at radius 3 is 1.51 bits per heavy atom. The molecule has 0 radical (unpaired) electrons. The van der Waals surface area contributed by atoms with Crippen LogP contribution in [-0.4, -0.2) is 33.7 Å². The molecule has 1 unspecified atom stereocenters. The van der Waals surface area contributed by atoms with Crippen LogP contribution in [-0.2, 0) is 33.0 Å². The second-order valence-corrected chi connectivity index (χ2v) is 13.7. The third-order valence-electron chi connectivity index (χ3n) is 10.3. The van der Waals surface area contributed by atoms with Crippen LogP contribution < -0.4 is 33.5 Å². The number of nitrogen functional groups attached to an aromatic ring is 1. The van der Waals surface area contributed by atoms with Crippen molar-refractivity contribution in [2.75, 3.05) is 11.1 Å². The highest BCUT2D eigenvalue weighted by molar-refractivity contribution is 5.99. The molecule has 13 nitrogen and oxygen atoms in total. The Bertz CT molecular complexity index is 3080. The number of para-hydroxylation sites is 4. The smallest absolute Gasteiger partial charge is 0.331 e. The Morgan fingerprint density at radius 2 is 0.985 bits per heavy atom. The van der Waals surface area contributed by atoms with Crippen LogP contribution >= 0.6 is 0 Å². The van der Waals surface area contributed by atoms with E-state index in [9.17, 15) is 19.2 Å². The monoisotopic (exact) mass is 883 g/mol. The summed E-state index contributed by atoms with van der Waals surface area (Å²) in [5.74, 6) is 0. The van der Waals surface area contributed by atoms with E-state index in [0.717, 1.165) is 56.1 Å². The molecular weight excluding hydrogens is 817 g/mol. The predicted octanol–water partition coefficient (Wildman–Crippen LogP) is 9.77. The zero-order chi connectivity index (χ0) is 48.7. The first kappa shape index (κ1) is 51.9. The van der Waals surface area contributed by atoms with Gasteiger partial charge in [-0.15, -0.1) is 0 Å². The minimum atomic E-state index is -0.361. The summed E-state index contributed by atoms with van der Waals surface area (Å²) in [5, 5.41) is 4.56. The van der Waals surface area contributed by atoms with E-state index in [1.807, 2.05) is 169 Å². The molecule has 1 atom stereocenters. The highest BCUT2D eigenvalue weighted by Gasteiger charge is 2.32. The van der Waals surface area contributed by atoms with E-state index in [2.05, 4.69) is 16.8 Å². The fourth-order valence-corrected chi connectivity index (χ4v) is 7.62. The molecule has 3 N–H and O–H groups in total. The maximum atomic E-state index is 13.2. The van der Waals surface area contributed by atoms with Gasteiger partial charge in [-0.2, -0.15) is 0 Å². The first-order valence-electron chi connectivity index (χ1n) is 22.3. The lowest BCUT2D eigenvalue weighted by atomic mass is 10.1. The van der Waals surface area contributed by atoms with Gasteiger partial charge in [0.15, 0.2) is 0 Å². The molecule has 13 heteroatoms. The van der Waals surface area contributed by atoms with Crippen LogP contribution in [0.15, 0.2) is 135 Å². The average molecular weight is 883 g/mol. The molecule has 344 valence electrons. The molecule has 0 fully saturated rings. The van der Waals surface area contributed by atoms with Gasteiger partial charge in [-0.3, -0.25) is 27.9 Å². The number of nitrogens with zero attached hydrogens (tertiary/aromatic N) is 6. The zero-order valence-corrected chi connectivity index (χ0v) is 40.4. The first-order chi connectivity index (χ1) is 31.4. The lowest BCUT2D eigenvalue weighted by Crippen LogP contribution is -2.37. The maximum Gasteiger partial charge on any atom is 0.331 e. The minimum absolute atomic E-state index is 0.0624. The normalized spacial score (nSPS) is 11.6. The molecule has 9 rings (SSSR count). The van der Waals surface area contributed by atoms with E-state index >= 15 is 0 Å². The van der Waals surface area contributed by atoms with Gasteiger partial charge in [0.1, 0.15) is 6.29 Å². The van der Waals surface area contributed by atoms with Gasteiger partial charge in [-0.25, -0.2) is 9.59 Å². The van der Waals surface area contributed by atoms with Crippen LogP contribution in [0.3, 0.4) is 0 Å². The van der Waals surface area contributed by atoms with Crippen molar-refractivity contribution < 1.29 is 4.79 Å². The molecule has 1 aliphatic rings. The van der Waals surface area contributed by atoms with Crippen LogP contribution in [0.5, 0.6) is 0 Å². The highest BCUT2D eigenvalue weighted by atomic mass is 16.2. The van der Waals surface area contributed by atoms with E-state index < -0.39 is 0 Å². The summed E-state index contributed by atoms with van der Waals surface area (Å²) in [5.41, 5.74) is 13.8. The van der Waals surface area contributed by atoms with Crippen molar-refractivity contribution in [1.29, 1.82) is 0 Å². The van der Waals surface area contributed by atoms with Crippen molar-refractivity contribution in [3.05, 3.63) is 163 Å². The van der Waals surface area contributed by atoms with Gasteiger partial charge in [0.05, 0.1) is 67.7 Å². The SMILES string of the molecule is CC.CC.CC.CC.CC1Nc2ccccc2-n2c(-c3ccccc3)c3c(=O)n(C)c(=O)n(C)c3c21.CC=O.Cn1c(=O)c2c(-c3ccccc3)n(-c3ccccc3N)cc2n(C)c1=O. The fraction of sp³-hybridized carbons (Fsp3) is 0.288. The van der Waals surface area contributed by atoms with Crippen molar-refractivity contribution in [1.82, 2.24) is 27.4 Å². The molecule has 8 aromatic rings. The Balaban J connectivity index is 0.000000285. The van der Waals surface area contributed by atoms with Gasteiger partial charge < -0.3 is 25.0 Å². The number of aromatic nitrogens is 6. The summed E-state index contributed by atoms with van der Waals surface area (Å²) < 4.78 is 9.41. The first-order valence-corrected chi connectivity index (χ1v) is 22.3. The number of rotatable bonds is 3. The summed E-state index contributed by atoms with van der Waals surface area (Å²) >= 11 is 0. The van der Waals surface area contributed by atoms with Gasteiger partial charge in [0.25, 0.3) is 11.1 Å². The van der Waals surface area contributed by atoms with Crippen molar-refractivity contribution in [2.45, 2.75) is 75.3 Å². The van der Waals surface area contributed by atoms with Gasteiger partial charge in [-0.1, -0.05) is 140 Å². The number of benzene rings is 4. The Morgan fingerprint density at radius 1 is 0.554 bits per heavy atom. The summed E-state index contributed by atoms with van der Waals surface area (Å²) in [6.07, 6.45) is 2.55. The molecule has 4 aromatic carbocycles. The Kier molecular flexibility index (Phi) is 19.1. The molecule has 0 saturated carbocycles. The quantitative estimate of drug-likeness (QED) is 0.132. The summed E-state index contributed by atoms with van der Waals surface area (Å²) in [6.45, 7) is 19.5. The summed E-state index contributed by atoms with van der Waals surface area (Å²) in [4.78, 5) is 60.0. The van der Waals surface area contributed by atoms with Crippen molar-refractivity contribution in [2.24, 2.45) is 28.2 Å². The van der Waals surface area contributed by atoms with E-state index in [1.54, 1.807) is 24.9 Å². The summed E-state index contributed by atoms with van der Waals surface area (Å²) in [7, 11) is 6.42. The van der Waals surface area contributed by atoms with Crippen LogP contribution in [0.1, 0.15) is 81.0 Å². The van der Waals surface area contributed by atoms with Crippen LogP contribution in [0.4, 0.5) is 11.4 Å². The van der Waals surface area contributed by atoms with Crippen LogP contribution in [0.25, 0.3) is 55.7 Å². The number of aryl methyl sites for hydroxylation is 2. The molecule has 0 spiro atoms. The molecule has 4 aromatic heterocycles. The molecule has 1 aliphatic heterocycles. The van der Waals surface area contributed by atoms with Gasteiger partial charge in [0, 0.05) is 34.4 Å². The van der Waals surface area contributed by atoms with Crippen LogP contribution in [0, 0.1) is 0 Å². The largest absolute Gasteiger partial charge is 0.397 e. The minimum Gasteiger partial charge on any atom is -0.397 e. The van der Waals surface area contributed by atoms with E-state index in [4.69, 9.17) is 10.5 Å². The topological polar surface area (TPSA) is 153 Å². The standard InChI is InChI=1S/C22H20N4O2.C20H18N4O2.C2H4O.4C2H6/c1-13-18-20-17(21(27)25(3)22(28)24(20)2)19(14-9-5-4-6-10-14)26(18)16-12-8-7-11-15(16)23-13;1-22-16-12-24(15-11-7-6-10-14(15)21)18(13-8-4-3-5-9-13)17(16)19(25)23(2)20(22)26;1-2-3;4*1-2/h4-13,23H,1-3H3;3-12H,21H2,1-2H3;2H,1H3;4*1-2H3. The Labute approximate surface area is 381 Å². The fourth-order valence-electron chi connectivity index (χ4n) is 7.62. The number of hydrogen-bond acceptors (Lipinski definition) is 7. The van der Waals surface area contributed by atoms with Gasteiger partial charge in [0.2, 0.25) is 0 Å². The third kappa shape index (κ3) is 9.89. The second kappa shape index (κ2) is 23.9. The van der Waals surface area contributed by atoms with E-state index in [1.165, 1.54) is 30.2 Å². The van der Waals surface area contributed by atoms with Crippen LogP contribution in [0.2, 0.25) is 0 Å². The number of fused-ring (bicyclic) bond motifs is 6. The number of hydrogen-bond donors (Lipinski definition) is 2. The molecule has 0 aliphatic carbocycles. The molecule has 0 amide bonds. The molecule has 0 saturated heterocycles. The lowest BCUT2D eigenvalue weighted by molar-refractivity contribution is -0.106. The second-order valence-electron chi connectivity index (χ2n) is 13.7. The number of carbonyl (C=O) groups excluding carboxylic acids is 1. The van der Waals surface area contributed by atoms with E-state index in [-0.39, 0.29) is 28.5 Å². The number of nitrogens with one attached hydrogen (secondary N) is 1. The van der Waals surface area contributed by atoms with E-state index in [0.29, 0.717) is 27.5 Å². The molecule has 0 bridgehead atoms. The van der Waals surface area contributed by atoms with Crippen molar-refractivity contribution in [3.63, 3.8) is 0 Å². The van der Waals surface area contributed by atoms with Crippen molar-refractivity contribution >= 4 is 39.5 Å². The zero-order valence-electron chi connectivity index (χ0n) is 40.4. The predicted molar refractivity (Wildman–Crippen MR) is 272 cm³/mol. The number of carbonyl (C=O) groups is 1.